The summed E-state index contributed by atoms with van der Waals surface area (Å²) in [5, 5.41) is 0. The summed E-state index contributed by atoms with van der Waals surface area (Å²) in [5.74, 6) is 1.31. The van der Waals surface area contributed by atoms with Crippen LogP contribution >= 0.6 is 0 Å². The molecule has 0 radical (unpaired) electrons. The Morgan fingerprint density at radius 3 is 2.71 bits per heavy atom. The number of hydrogen-bond donors (Lipinski definition) is 0. The fourth-order valence-corrected chi connectivity index (χ4v) is 5.55. The van der Waals surface area contributed by atoms with Crippen LogP contribution in [0.15, 0.2) is 12.1 Å². The number of benzene rings is 1. The van der Waals surface area contributed by atoms with Crippen LogP contribution in [-0.4, -0.2) is 39.3 Å². The molecular weight excluding hydrogens is 308 g/mol. The predicted molar refractivity (Wildman–Crippen MR) is 86.5 cm³/mol. The van der Waals surface area contributed by atoms with E-state index in [1.165, 1.54) is 11.1 Å². The van der Waals surface area contributed by atoms with Gasteiger partial charge in [-0.2, -0.15) is 0 Å². The first-order chi connectivity index (χ1) is 11.7. The van der Waals surface area contributed by atoms with Gasteiger partial charge < -0.3 is 23.7 Å². The first-order valence-corrected chi connectivity index (χ1v) is 8.88. The molecule has 3 heterocycles. The Hall–Kier alpha value is -1.30. The van der Waals surface area contributed by atoms with Crippen molar-refractivity contribution in [1.29, 1.82) is 0 Å². The quantitative estimate of drug-likeness (QED) is 0.833. The molecule has 0 amide bonds. The maximum Gasteiger partial charge on any atom is 0.202 e. The van der Waals surface area contributed by atoms with E-state index >= 15 is 0 Å². The van der Waals surface area contributed by atoms with Gasteiger partial charge in [-0.15, -0.1) is 0 Å². The summed E-state index contributed by atoms with van der Waals surface area (Å²) in [5.41, 5.74) is 2.18. The predicted octanol–water partition coefficient (Wildman–Crippen LogP) is 2.96. The highest BCUT2D eigenvalue weighted by Gasteiger charge is 2.72. The molecule has 1 saturated carbocycles. The van der Waals surface area contributed by atoms with E-state index in [1.807, 2.05) is 0 Å². The van der Waals surface area contributed by atoms with Crippen LogP contribution in [0, 0.1) is 5.92 Å². The third kappa shape index (κ3) is 1.56. The van der Waals surface area contributed by atoms with Crippen molar-refractivity contribution in [2.45, 2.75) is 49.6 Å². The van der Waals surface area contributed by atoms with E-state index in [0.717, 1.165) is 30.8 Å². The minimum Gasteiger partial charge on any atom is -0.493 e. The third-order valence-corrected chi connectivity index (χ3v) is 6.56. The number of fused-ring (bicyclic) bond motifs is 2. The van der Waals surface area contributed by atoms with Crippen LogP contribution in [-0.2, 0) is 19.8 Å². The van der Waals surface area contributed by atoms with Gasteiger partial charge in [0.25, 0.3) is 0 Å². The maximum atomic E-state index is 6.77. The molecule has 24 heavy (non-hydrogen) atoms. The van der Waals surface area contributed by atoms with Gasteiger partial charge in [0.15, 0.2) is 11.5 Å². The maximum absolute atomic E-state index is 6.77. The largest absolute Gasteiger partial charge is 0.493 e. The molecule has 0 aromatic heterocycles. The van der Waals surface area contributed by atoms with Crippen molar-refractivity contribution in [2.75, 3.05) is 27.4 Å². The summed E-state index contributed by atoms with van der Waals surface area (Å²) in [6, 6.07) is 4.23. The van der Waals surface area contributed by atoms with Crippen molar-refractivity contribution in [3.8, 4) is 11.5 Å². The molecule has 1 aromatic rings. The van der Waals surface area contributed by atoms with E-state index in [0.29, 0.717) is 19.1 Å². The van der Waals surface area contributed by atoms with Gasteiger partial charge >= 0.3 is 0 Å². The van der Waals surface area contributed by atoms with Gasteiger partial charge in [0.05, 0.1) is 27.4 Å². The summed E-state index contributed by atoms with van der Waals surface area (Å²) in [6.45, 7) is 3.42. The van der Waals surface area contributed by atoms with Gasteiger partial charge in [0.1, 0.15) is 11.7 Å². The van der Waals surface area contributed by atoms with E-state index < -0.39 is 5.79 Å². The second-order valence-electron chi connectivity index (χ2n) is 7.37. The van der Waals surface area contributed by atoms with E-state index in [9.17, 15) is 0 Å². The van der Waals surface area contributed by atoms with Gasteiger partial charge in [0.2, 0.25) is 5.79 Å². The van der Waals surface area contributed by atoms with Crippen LogP contribution in [0.25, 0.3) is 0 Å². The molecule has 3 aliphatic heterocycles. The monoisotopic (exact) mass is 332 g/mol. The summed E-state index contributed by atoms with van der Waals surface area (Å²) >= 11 is 0. The average Bonchev–Trinajstić information content (AvgIpc) is 3.12. The molecule has 5 heteroatoms. The van der Waals surface area contributed by atoms with Gasteiger partial charge in [-0.25, -0.2) is 0 Å². The zero-order valence-corrected chi connectivity index (χ0v) is 14.5. The molecule has 5 atom stereocenters. The number of ether oxygens (including phenoxy) is 5. The molecule has 130 valence electrons. The molecular formula is C19H24O5. The summed E-state index contributed by atoms with van der Waals surface area (Å²) in [4.78, 5) is 0. The van der Waals surface area contributed by atoms with E-state index in [4.69, 9.17) is 23.7 Å². The van der Waals surface area contributed by atoms with Gasteiger partial charge in [-0.05, 0) is 42.5 Å². The Morgan fingerprint density at radius 2 is 1.92 bits per heavy atom. The molecule has 2 saturated heterocycles. The van der Waals surface area contributed by atoms with Gasteiger partial charge in [0, 0.05) is 11.8 Å². The standard InChI is InChI=1S/C19H24O5/c1-11-12-9-15(20-2)16(21-3)10-14(12)18-6-4-5-13(18)17-19(11,24-18)23-8-7-22-17/h9-11,13,17H,4-8H2,1-3H3. The van der Waals surface area contributed by atoms with Crippen LogP contribution in [0.5, 0.6) is 11.5 Å². The van der Waals surface area contributed by atoms with Crippen molar-refractivity contribution < 1.29 is 23.7 Å². The number of methoxy groups -OCH3 is 2. The molecule has 3 fully saturated rings. The smallest absolute Gasteiger partial charge is 0.202 e. The molecule has 1 aromatic carbocycles. The van der Waals surface area contributed by atoms with Crippen molar-refractivity contribution in [2.24, 2.45) is 5.92 Å². The van der Waals surface area contributed by atoms with Crippen LogP contribution in [0.1, 0.15) is 43.2 Å². The van der Waals surface area contributed by atoms with Crippen molar-refractivity contribution in [3.63, 3.8) is 0 Å². The van der Waals surface area contributed by atoms with E-state index in [-0.39, 0.29) is 17.6 Å². The fourth-order valence-electron chi connectivity index (χ4n) is 5.55. The van der Waals surface area contributed by atoms with Crippen LogP contribution in [0.4, 0.5) is 0 Å². The molecule has 0 N–H and O–H groups in total. The summed E-state index contributed by atoms with van der Waals surface area (Å²) in [7, 11) is 3.37. The third-order valence-electron chi connectivity index (χ3n) is 6.56. The van der Waals surface area contributed by atoms with E-state index in [2.05, 4.69) is 19.1 Å². The second-order valence-corrected chi connectivity index (χ2v) is 7.37. The number of rotatable bonds is 2. The van der Waals surface area contributed by atoms with Crippen molar-refractivity contribution in [3.05, 3.63) is 23.3 Å². The van der Waals surface area contributed by atoms with Crippen molar-refractivity contribution >= 4 is 0 Å². The van der Waals surface area contributed by atoms with Crippen LogP contribution < -0.4 is 9.47 Å². The topological polar surface area (TPSA) is 46.2 Å². The molecule has 5 rings (SSSR count). The minimum atomic E-state index is -0.657. The lowest BCUT2D eigenvalue weighted by atomic mass is 9.80. The Morgan fingerprint density at radius 1 is 1.12 bits per heavy atom. The summed E-state index contributed by atoms with van der Waals surface area (Å²) in [6.07, 6.45) is 3.30. The molecule has 5 nitrogen and oxygen atoms in total. The molecule has 1 aliphatic carbocycles. The molecule has 5 unspecified atom stereocenters. The van der Waals surface area contributed by atoms with Gasteiger partial charge in [-0.3, -0.25) is 0 Å². The SMILES string of the molecule is COc1cc2c(cc1OC)C13CCCC1C1OCCOC1(O3)C2C. The normalized spacial score (nSPS) is 42.2. The second kappa shape index (κ2) is 4.87. The Balaban J connectivity index is 1.76. The van der Waals surface area contributed by atoms with Crippen LogP contribution in [0.3, 0.4) is 0 Å². The number of hydrogen-bond acceptors (Lipinski definition) is 5. The Labute approximate surface area is 142 Å². The van der Waals surface area contributed by atoms with Crippen molar-refractivity contribution in [1.82, 2.24) is 0 Å². The lowest BCUT2D eigenvalue weighted by molar-refractivity contribution is -0.328. The molecule has 2 bridgehead atoms. The Bertz CT molecular complexity index is 689. The fraction of sp³-hybridized carbons (Fsp3) is 0.684. The zero-order valence-electron chi connectivity index (χ0n) is 14.5. The first-order valence-electron chi connectivity index (χ1n) is 8.88. The lowest BCUT2D eigenvalue weighted by Gasteiger charge is -2.47. The lowest BCUT2D eigenvalue weighted by Crippen LogP contribution is -2.54. The highest BCUT2D eigenvalue weighted by atomic mass is 16.8. The molecule has 4 aliphatic rings. The highest BCUT2D eigenvalue weighted by molar-refractivity contribution is 5.54. The highest BCUT2D eigenvalue weighted by Crippen LogP contribution is 2.67. The summed E-state index contributed by atoms with van der Waals surface area (Å²) < 4.78 is 30.4. The van der Waals surface area contributed by atoms with Gasteiger partial charge in [-0.1, -0.05) is 6.92 Å². The Kier molecular flexibility index (Phi) is 3.04. The minimum absolute atomic E-state index is 0.00754. The zero-order chi connectivity index (χ0) is 16.5. The molecule has 2 spiro atoms. The van der Waals surface area contributed by atoms with E-state index in [1.54, 1.807) is 14.2 Å². The first kappa shape index (κ1) is 15.0. The average molecular weight is 332 g/mol. The van der Waals surface area contributed by atoms with Crippen LogP contribution in [0.2, 0.25) is 0 Å².